The van der Waals surface area contributed by atoms with Gasteiger partial charge in [-0.1, -0.05) is 54.1 Å². The van der Waals surface area contributed by atoms with Gasteiger partial charge in [-0.3, -0.25) is 4.79 Å². The molecule has 0 aliphatic carbocycles. The second kappa shape index (κ2) is 10.1. The molecule has 166 valence electrons. The Morgan fingerprint density at radius 1 is 1.00 bits per heavy atom. The SMILES string of the molecule is CC(C)=CC(=O)Nc1scc(-c2ccccc2)c1C(=O)OCc1nnc(-c2ccccc2)o1. The van der Waals surface area contributed by atoms with Crippen LogP contribution in [0, 0.1) is 0 Å². The van der Waals surface area contributed by atoms with E-state index in [1.165, 1.54) is 17.4 Å². The third-order valence-electron chi connectivity index (χ3n) is 4.55. The van der Waals surface area contributed by atoms with Gasteiger partial charge in [0.25, 0.3) is 5.89 Å². The molecule has 0 unspecified atom stereocenters. The molecule has 4 aromatic rings. The monoisotopic (exact) mass is 459 g/mol. The number of nitrogens with one attached hydrogen (secondary N) is 1. The first-order chi connectivity index (χ1) is 16.0. The molecule has 2 aromatic carbocycles. The molecule has 0 aliphatic rings. The first kappa shape index (κ1) is 22.2. The summed E-state index contributed by atoms with van der Waals surface area (Å²) < 4.78 is 11.1. The average Bonchev–Trinajstić information content (AvgIpc) is 3.45. The zero-order valence-electron chi connectivity index (χ0n) is 18.1. The zero-order valence-corrected chi connectivity index (χ0v) is 18.9. The number of amides is 1. The van der Waals surface area contributed by atoms with E-state index in [4.69, 9.17) is 9.15 Å². The summed E-state index contributed by atoms with van der Waals surface area (Å²) in [6.45, 7) is 3.46. The minimum absolute atomic E-state index is 0.175. The molecule has 1 amide bonds. The smallest absolute Gasteiger partial charge is 0.342 e. The number of hydrogen-bond donors (Lipinski definition) is 1. The van der Waals surface area contributed by atoms with Gasteiger partial charge >= 0.3 is 5.97 Å². The van der Waals surface area contributed by atoms with E-state index < -0.39 is 5.97 Å². The van der Waals surface area contributed by atoms with Crippen LogP contribution in [0.4, 0.5) is 5.00 Å². The second-order valence-electron chi connectivity index (χ2n) is 7.37. The van der Waals surface area contributed by atoms with Crippen LogP contribution in [0.15, 0.2) is 82.1 Å². The predicted octanol–water partition coefficient (Wildman–Crippen LogP) is 5.73. The summed E-state index contributed by atoms with van der Waals surface area (Å²) >= 11 is 1.26. The van der Waals surface area contributed by atoms with Crippen molar-refractivity contribution in [2.75, 3.05) is 5.32 Å². The Labute approximate surface area is 194 Å². The van der Waals surface area contributed by atoms with Gasteiger partial charge in [0.1, 0.15) is 10.6 Å². The van der Waals surface area contributed by atoms with Gasteiger partial charge in [-0.05, 0) is 31.5 Å². The van der Waals surface area contributed by atoms with Crippen molar-refractivity contribution in [2.45, 2.75) is 20.5 Å². The molecule has 0 saturated carbocycles. The first-order valence-corrected chi connectivity index (χ1v) is 11.1. The molecule has 33 heavy (non-hydrogen) atoms. The van der Waals surface area contributed by atoms with Gasteiger partial charge in [-0.2, -0.15) is 0 Å². The average molecular weight is 460 g/mol. The number of aromatic nitrogens is 2. The van der Waals surface area contributed by atoms with Gasteiger partial charge in [-0.15, -0.1) is 21.5 Å². The lowest BCUT2D eigenvalue weighted by Crippen LogP contribution is -2.13. The molecule has 0 saturated heterocycles. The molecule has 2 heterocycles. The maximum absolute atomic E-state index is 13.1. The van der Waals surface area contributed by atoms with Crippen molar-refractivity contribution >= 4 is 28.2 Å². The van der Waals surface area contributed by atoms with Crippen molar-refractivity contribution in [3.8, 4) is 22.6 Å². The van der Waals surface area contributed by atoms with E-state index in [-0.39, 0.29) is 24.0 Å². The van der Waals surface area contributed by atoms with Crippen LogP contribution in [0.5, 0.6) is 0 Å². The van der Waals surface area contributed by atoms with Gasteiger partial charge in [-0.25, -0.2) is 4.79 Å². The lowest BCUT2D eigenvalue weighted by atomic mass is 10.0. The van der Waals surface area contributed by atoms with Crippen LogP contribution in [-0.2, 0) is 16.1 Å². The van der Waals surface area contributed by atoms with Gasteiger partial charge in [0.2, 0.25) is 11.8 Å². The molecule has 0 fully saturated rings. The first-order valence-electron chi connectivity index (χ1n) is 10.2. The zero-order chi connectivity index (χ0) is 23.2. The molecule has 0 spiro atoms. The minimum atomic E-state index is -0.595. The number of rotatable bonds is 7. The summed E-state index contributed by atoms with van der Waals surface area (Å²) in [5.41, 5.74) is 3.42. The summed E-state index contributed by atoms with van der Waals surface area (Å²) in [6.07, 6.45) is 1.47. The third kappa shape index (κ3) is 5.42. The molecule has 4 rings (SSSR count). The Morgan fingerprint density at radius 2 is 1.67 bits per heavy atom. The Morgan fingerprint density at radius 3 is 2.33 bits per heavy atom. The number of hydrogen-bond acceptors (Lipinski definition) is 7. The highest BCUT2D eigenvalue weighted by atomic mass is 32.1. The van der Waals surface area contributed by atoms with Crippen molar-refractivity contribution < 1.29 is 18.7 Å². The number of carbonyl (C=O) groups is 2. The molecule has 7 nitrogen and oxygen atoms in total. The number of benzene rings is 2. The van der Waals surface area contributed by atoms with E-state index in [9.17, 15) is 9.59 Å². The molecule has 0 radical (unpaired) electrons. The molecule has 8 heteroatoms. The number of esters is 1. The van der Waals surface area contributed by atoms with Gasteiger partial charge in [0.15, 0.2) is 6.61 Å². The Kier molecular flexibility index (Phi) is 6.75. The predicted molar refractivity (Wildman–Crippen MR) is 127 cm³/mol. The molecular weight excluding hydrogens is 438 g/mol. The lowest BCUT2D eigenvalue weighted by molar-refractivity contribution is -0.111. The number of anilines is 1. The van der Waals surface area contributed by atoms with E-state index in [0.717, 1.165) is 16.7 Å². The van der Waals surface area contributed by atoms with Crippen LogP contribution in [0.1, 0.15) is 30.1 Å². The minimum Gasteiger partial charge on any atom is -0.452 e. The van der Waals surface area contributed by atoms with Crippen LogP contribution in [0.25, 0.3) is 22.6 Å². The highest BCUT2D eigenvalue weighted by Crippen LogP contribution is 2.36. The summed E-state index contributed by atoms with van der Waals surface area (Å²) in [5.74, 6) is -0.386. The second-order valence-corrected chi connectivity index (χ2v) is 8.25. The van der Waals surface area contributed by atoms with E-state index >= 15 is 0 Å². The molecule has 2 aromatic heterocycles. The molecule has 0 bridgehead atoms. The van der Waals surface area contributed by atoms with Gasteiger partial charge < -0.3 is 14.5 Å². The summed E-state index contributed by atoms with van der Waals surface area (Å²) in [7, 11) is 0. The van der Waals surface area contributed by atoms with E-state index in [1.54, 1.807) is 0 Å². The normalized spacial score (nSPS) is 10.5. The topological polar surface area (TPSA) is 94.3 Å². The van der Waals surface area contributed by atoms with E-state index in [1.807, 2.05) is 79.9 Å². The van der Waals surface area contributed by atoms with Crippen molar-refractivity contribution in [3.63, 3.8) is 0 Å². The maximum Gasteiger partial charge on any atom is 0.342 e. The fraction of sp³-hybridized carbons (Fsp3) is 0.120. The van der Waals surface area contributed by atoms with Crippen LogP contribution >= 0.6 is 11.3 Å². The molecule has 0 atom stereocenters. The fourth-order valence-corrected chi connectivity index (χ4v) is 4.06. The van der Waals surface area contributed by atoms with Crippen molar-refractivity contribution in [1.29, 1.82) is 0 Å². The molecule has 1 N–H and O–H groups in total. The largest absolute Gasteiger partial charge is 0.452 e. The quantitative estimate of drug-likeness (QED) is 0.280. The van der Waals surface area contributed by atoms with Gasteiger partial charge in [0.05, 0.1) is 0 Å². The van der Waals surface area contributed by atoms with E-state index in [2.05, 4.69) is 15.5 Å². The summed E-state index contributed by atoms with van der Waals surface area (Å²) in [6, 6.07) is 18.8. The Balaban J connectivity index is 1.56. The highest BCUT2D eigenvalue weighted by molar-refractivity contribution is 7.15. The Bertz CT molecular complexity index is 1290. The van der Waals surface area contributed by atoms with Crippen LogP contribution < -0.4 is 5.32 Å². The number of allylic oxidation sites excluding steroid dienone is 1. The molecular formula is C25H21N3O4S. The lowest BCUT2D eigenvalue weighted by Gasteiger charge is -2.08. The maximum atomic E-state index is 13.1. The van der Waals surface area contributed by atoms with Crippen molar-refractivity contribution in [1.82, 2.24) is 10.2 Å². The van der Waals surface area contributed by atoms with Crippen LogP contribution in [-0.4, -0.2) is 22.1 Å². The van der Waals surface area contributed by atoms with Crippen molar-refractivity contribution in [2.24, 2.45) is 0 Å². The standard InChI is InChI=1S/C25H21N3O4S/c1-16(2)13-20(29)26-24-22(19(15-33-24)17-9-5-3-6-10-17)25(30)31-14-21-27-28-23(32-21)18-11-7-4-8-12-18/h3-13,15H,14H2,1-2H3,(H,26,29). The van der Waals surface area contributed by atoms with Crippen LogP contribution in [0.2, 0.25) is 0 Å². The summed E-state index contributed by atoms with van der Waals surface area (Å²) in [4.78, 5) is 25.4. The number of nitrogens with zero attached hydrogens (tertiary/aromatic N) is 2. The van der Waals surface area contributed by atoms with Crippen LogP contribution in [0.3, 0.4) is 0 Å². The fourth-order valence-electron chi connectivity index (χ4n) is 3.10. The van der Waals surface area contributed by atoms with E-state index in [0.29, 0.717) is 16.5 Å². The number of carbonyl (C=O) groups excluding carboxylic acids is 2. The third-order valence-corrected chi connectivity index (χ3v) is 5.45. The number of thiophene rings is 1. The molecule has 0 aliphatic heterocycles. The number of ether oxygens (including phenoxy) is 1. The van der Waals surface area contributed by atoms with Gasteiger partial charge in [0, 0.05) is 22.6 Å². The Hall–Kier alpha value is -4.04. The highest BCUT2D eigenvalue weighted by Gasteiger charge is 2.23. The van der Waals surface area contributed by atoms with Crippen molar-refractivity contribution in [3.05, 3.63) is 89.1 Å². The summed E-state index contributed by atoms with van der Waals surface area (Å²) in [5, 5.41) is 13.0.